The fourth-order valence-corrected chi connectivity index (χ4v) is 3.47. The average molecular weight is 233 g/mol. The van der Waals surface area contributed by atoms with Gasteiger partial charge in [0.1, 0.15) is 5.57 Å². The van der Waals surface area contributed by atoms with Crippen molar-refractivity contribution in [1.82, 2.24) is 0 Å². The number of thioether (sulfide) groups is 2. The summed E-state index contributed by atoms with van der Waals surface area (Å²) in [5.74, 6) is 0.476. The molecule has 0 unspecified atom stereocenters. The van der Waals surface area contributed by atoms with Gasteiger partial charge in [-0.2, -0.15) is 0 Å². The average Bonchev–Trinajstić information content (AvgIpc) is 2.57. The summed E-state index contributed by atoms with van der Waals surface area (Å²) in [5.41, 5.74) is 5.12. The molecule has 1 amide bonds. The van der Waals surface area contributed by atoms with Crippen LogP contribution in [-0.4, -0.2) is 30.0 Å². The SMILES string of the molecule is CCOC(=O)C(C(N)=O)=C1SCCS1. The second-order valence-electron chi connectivity index (χ2n) is 2.44. The first-order valence-corrected chi connectivity index (χ1v) is 6.10. The lowest BCUT2D eigenvalue weighted by Crippen LogP contribution is -2.23. The van der Waals surface area contributed by atoms with E-state index in [0.717, 1.165) is 11.5 Å². The molecule has 0 saturated carbocycles. The van der Waals surface area contributed by atoms with Gasteiger partial charge in [-0.1, -0.05) is 0 Å². The van der Waals surface area contributed by atoms with Crippen LogP contribution in [0, 0.1) is 0 Å². The predicted octanol–water partition coefficient (Wildman–Crippen LogP) is 0.726. The van der Waals surface area contributed by atoms with Gasteiger partial charge in [0.25, 0.3) is 5.91 Å². The zero-order valence-corrected chi connectivity index (χ0v) is 9.37. The maximum Gasteiger partial charge on any atom is 0.345 e. The van der Waals surface area contributed by atoms with Crippen molar-refractivity contribution in [2.24, 2.45) is 5.73 Å². The predicted molar refractivity (Wildman–Crippen MR) is 57.8 cm³/mol. The molecule has 0 radical (unpaired) electrons. The highest BCUT2D eigenvalue weighted by molar-refractivity contribution is 8.25. The first kappa shape index (κ1) is 11.5. The van der Waals surface area contributed by atoms with Crippen LogP contribution >= 0.6 is 23.5 Å². The topological polar surface area (TPSA) is 69.4 Å². The van der Waals surface area contributed by atoms with Crippen molar-refractivity contribution in [2.75, 3.05) is 18.1 Å². The number of carbonyl (C=O) groups is 2. The number of nitrogens with two attached hydrogens (primary N) is 1. The Balaban J connectivity index is 2.88. The van der Waals surface area contributed by atoms with Crippen LogP contribution in [0.3, 0.4) is 0 Å². The zero-order chi connectivity index (χ0) is 10.6. The van der Waals surface area contributed by atoms with Gasteiger partial charge >= 0.3 is 5.97 Å². The zero-order valence-electron chi connectivity index (χ0n) is 7.74. The van der Waals surface area contributed by atoms with E-state index in [1.165, 1.54) is 23.5 Å². The molecule has 0 aliphatic carbocycles. The molecule has 0 aromatic rings. The third-order valence-electron chi connectivity index (χ3n) is 1.48. The summed E-state index contributed by atoms with van der Waals surface area (Å²) in [6.45, 7) is 1.94. The van der Waals surface area contributed by atoms with E-state index in [4.69, 9.17) is 10.5 Å². The summed E-state index contributed by atoms with van der Waals surface area (Å²) < 4.78 is 5.44. The molecule has 0 atom stereocenters. The Morgan fingerprint density at radius 1 is 1.43 bits per heavy atom. The molecule has 1 aliphatic rings. The minimum absolute atomic E-state index is 0.000602. The number of hydrogen-bond acceptors (Lipinski definition) is 5. The van der Waals surface area contributed by atoms with E-state index in [-0.39, 0.29) is 12.2 Å². The lowest BCUT2D eigenvalue weighted by atomic mass is 10.3. The van der Waals surface area contributed by atoms with Crippen LogP contribution in [0.1, 0.15) is 6.92 Å². The fraction of sp³-hybridized carbons (Fsp3) is 0.500. The van der Waals surface area contributed by atoms with E-state index in [9.17, 15) is 9.59 Å². The molecular formula is C8H11NO3S2. The summed E-state index contributed by atoms with van der Waals surface area (Å²) >= 11 is 2.95. The molecule has 0 aromatic heterocycles. The van der Waals surface area contributed by atoms with E-state index in [2.05, 4.69) is 0 Å². The quantitative estimate of drug-likeness (QED) is 0.337. The molecule has 1 saturated heterocycles. The van der Waals surface area contributed by atoms with Crippen molar-refractivity contribution in [2.45, 2.75) is 6.92 Å². The van der Waals surface area contributed by atoms with Gasteiger partial charge in [-0.05, 0) is 6.92 Å². The van der Waals surface area contributed by atoms with Crippen LogP contribution in [0.25, 0.3) is 0 Å². The fourth-order valence-electron chi connectivity index (χ4n) is 0.943. The number of hydrogen-bond donors (Lipinski definition) is 1. The van der Waals surface area contributed by atoms with Gasteiger partial charge in [0.05, 0.1) is 10.8 Å². The molecule has 1 rings (SSSR count). The molecule has 78 valence electrons. The van der Waals surface area contributed by atoms with Crippen molar-refractivity contribution in [3.05, 3.63) is 9.81 Å². The summed E-state index contributed by atoms with van der Waals surface area (Å²) in [5, 5.41) is 0. The van der Waals surface area contributed by atoms with E-state index in [0.29, 0.717) is 4.24 Å². The van der Waals surface area contributed by atoms with Crippen LogP contribution in [0.5, 0.6) is 0 Å². The molecular weight excluding hydrogens is 222 g/mol. The smallest absolute Gasteiger partial charge is 0.345 e. The van der Waals surface area contributed by atoms with Gasteiger partial charge in [-0.3, -0.25) is 4.79 Å². The Morgan fingerprint density at radius 3 is 2.43 bits per heavy atom. The highest BCUT2D eigenvalue weighted by Crippen LogP contribution is 2.38. The van der Waals surface area contributed by atoms with Gasteiger partial charge in [0.2, 0.25) is 0 Å². The third-order valence-corrected chi connectivity index (χ3v) is 4.19. The van der Waals surface area contributed by atoms with Crippen LogP contribution in [0.2, 0.25) is 0 Å². The molecule has 4 nitrogen and oxygen atoms in total. The lowest BCUT2D eigenvalue weighted by molar-refractivity contribution is -0.139. The van der Waals surface area contributed by atoms with E-state index >= 15 is 0 Å². The summed E-state index contributed by atoms with van der Waals surface area (Å²) in [6.07, 6.45) is 0. The Bertz CT molecular complexity index is 280. The standard InChI is InChI=1S/C8H11NO3S2/c1-2-12-7(11)5(6(9)10)8-13-3-4-14-8/h2-4H2,1H3,(H2,9,10). The maximum absolute atomic E-state index is 11.4. The molecule has 1 fully saturated rings. The highest BCUT2D eigenvalue weighted by atomic mass is 32.2. The minimum atomic E-state index is -0.708. The van der Waals surface area contributed by atoms with Crippen molar-refractivity contribution >= 4 is 35.4 Å². The third kappa shape index (κ3) is 2.68. The van der Waals surface area contributed by atoms with Gasteiger partial charge in [-0.15, -0.1) is 23.5 Å². The lowest BCUT2D eigenvalue weighted by Gasteiger charge is -2.05. The highest BCUT2D eigenvalue weighted by Gasteiger charge is 2.25. The largest absolute Gasteiger partial charge is 0.462 e. The molecule has 6 heteroatoms. The van der Waals surface area contributed by atoms with Crippen molar-refractivity contribution in [3.8, 4) is 0 Å². The number of primary amides is 1. The monoisotopic (exact) mass is 233 g/mol. The van der Waals surface area contributed by atoms with Gasteiger partial charge < -0.3 is 10.5 Å². The number of ether oxygens (including phenoxy) is 1. The normalized spacial score (nSPS) is 15.4. The van der Waals surface area contributed by atoms with Gasteiger partial charge in [0.15, 0.2) is 0 Å². The molecule has 0 spiro atoms. The first-order chi connectivity index (χ1) is 6.66. The number of amides is 1. The molecule has 14 heavy (non-hydrogen) atoms. The molecule has 0 aromatic carbocycles. The molecule has 1 heterocycles. The van der Waals surface area contributed by atoms with Crippen LogP contribution in [-0.2, 0) is 14.3 Å². The van der Waals surface area contributed by atoms with Gasteiger partial charge in [0, 0.05) is 11.5 Å². The molecule has 2 N–H and O–H groups in total. The first-order valence-electron chi connectivity index (χ1n) is 4.13. The second-order valence-corrected chi connectivity index (χ2v) is 4.91. The van der Waals surface area contributed by atoms with Crippen LogP contribution in [0.15, 0.2) is 9.81 Å². The Hall–Kier alpha value is -0.620. The van der Waals surface area contributed by atoms with E-state index in [1.807, 2.05) is 0 Å². The van der Waals surface area contributed by atoms with Crippen molar-refractivity contribution in [3.63, 3.8) is 0 Å². The second kappa shape index (κ2) is 5.31. The summed E-state index contributed by atoms with van der Waals surface area (Å²) in [7, 11) is 0. The minimum Gasteiger partial charge on any atom is -0.462 e. The number of carbonyl (C=O) groups excluding carboxylic acids is 2. The van der Waals surface area contributed by atoms with E-state index in [1.54, 1.807) is 6.92 Å². The Kier molecular flexibility index (Phi) is 4.34. The van der Waals surface area contributed by atoms with Crippen molar-refractivity contribution in [1.29, 1.82) is 0 Å². The Labute approximate surface area is 90.6 Å². The summed E-state index contributed by atoms with van der Waals surface area (Å²) in [4.78, 5) is 22.4. The molecule has 1 aliphatic heterocycles. The summed E-state index contributed by atoms with van der Waals surface area (Å²) in [6, 6.07) is 0. The van der Waals surface area contributed by atoms with Crippen molar-refractivity contribution < 1.29 is 14.3 Å². The number of esters is 1. The van der Waals surface area contributed by atoms with E-state index < -0.39 is 11.9 Å². The Morgan fingerprint density at radius 2 is 2.00 bits per heavy atom. The van der Waals surface area contributed by atoms with Crippen LogP contribution < -0.4 is 5.73 Å². The van der Waals surface area contributed by atoms with Crippen LogP contribution in [0.4, 0.5) is 0 Å². The molecule has 0 bridgehead atoms. The maximum atomic E-state index is 11.4. The number of rotatable bonds is 3. The van der Waals surface area contributed by atoms with Gasteiger partial charge in [-0.25, -0.2) is 4.79 Å².